The molecule has 3 fully saturated rings. The van der Waals surface area contributed by atoms with Crippen molar-refractivity contribution in [3.8, 4) is 0 Å². The Morgan fingerprint density at radius 2 is 1.60 bits per heavy atom. The van der Waals surface area contributed by atoms with Crippen LogP contribution in [0.1, 0.15) is 105 Å². The molecule has 3 unspecified atom stereocenters. The molecule has 0 saturated heterocycles. The lowest BCUT2D eigenvalue weighted by Gasteiger charge is -2.59. The molecule has 0 aromatic heterocycles. The van der Waals surface area contributed by atoms with Gasteiger partial charge in [0.05, 0.1) is 0 Å². The number of hydrogen-bond donors (Lipinski definition) is 0. The number of hydrogen-bond acceptors (Lipinski definition) is 6. The fourth-order valence-electron chi connectivity index (χ4n) is 8.23. The molecule has 0 radical (unpaired) electrons. The SMILES string of the molecule is CCCC(=O)OCC(=O)[C@@]1(OC(=O)CCC)CCC2C3CCC4=CC(=O)CC[C@]4(C)C3CC[C@@]21C. The second-order valence-electron chi connectivity index (χ2n) is 11.8. The lowest BCUT2D eigenvalue weighted by molar-refractivity contribution is -0.192. The highest BCUT2D eigenvalue weighted by Crippen LogP contribution is 2.68. The van der Waals surface area contributed by atoms with E-state index in [1.54, 1.807) is 0 Å². The molecule has 4 aliphatic rings. The maximum Gasteiger partial charge on any atom is 0.306 e. The summed E-state index contributed by atoms with van der Waals surface area (Å²) < 4.78 is 11.5. The van der Waals surface area contributed by atoms with Crippen LogP contribution in [0.3, 0.4) is 0 Å². The van der Waals surface area contributed by atoms with Crippen LogP contribution in [0.2, 0.25) is 0 Å². The molecule has 4 aliphatic carbocycles. The van der Waals surface area contributed by atoms with Crippen molar-refractivity contribution in [2.24, 2.45) is 28.6 Å². The number of Topliss-reactive ketones (excluding diaryl/α,β-unsaturated/α-hetero) is 1. The van der Waals surface area contributed by atoms with E-state index < -0.39 is 11.0 Å². The van der Waals surface area contributed by atoms with E-state index >= 15 is 0 Å². The first-order valence-corrected chi connectivity index (χ1v) is 13.8. The standard InChI is InChI=1S/C29H42O6/c1-5-7-25(32)34-18-24(31)29(35-26(33)8-6-2)16-13-23-21-10-9-19-17-20(30)11-14-27(19,3)22(21)12-15-28(23,29)4/h17,21-23H,5-16,18H2,1-4H3/t21?,22?,23?,27-,28-,29-/m0/s1. The van der Waals surface area contributed by atoms with E-state index in [-0.39, 0.29) is 54.3 Å². The van der Waals surface area contributed by atoms with Gasteiger partial charge in [0, 0.05) is 24.7 Å². The van der Waals surface area contributed by atoms with Crippen molar-refractivity contribution in [3.63, 3.8) is 0 Å². The Balaban J connectivity index is 1.63. The summed E-state index contributed by atoms with van der Waals surface area (Å²) in [4.78, 5) is 50.7. The molecule has 0 heterocycles. The molecule has 6 heteroatoms. The summed E-state index contributed by atoms with van der Waals surface area (Å²) in [5, 5.41) is 0. The van der Waals surface area contributed by atoms with Gasteiger partial charge in [0.2, 0.25) is 5.78 Å². The monoisotopic (exact) mass is 486 g/mol. The minimum Gasteiger partial charge on any atom is -0.457 e. The zero-order valence-corrected chi connectivity index (χ0v) is 22.0. The maximum absolute atomic E-state index is 13.8. The van der Waals surface area contributed by atoms with E-state index in [9.17, 15) is 19.2 Å². The van der Waals surface area contributed by atoms with Crippen LogP contribution in [-0.2, 0) is 28.7 Å². The molecule has 0 aromatic carbocycles. The van der Waals surface area contributed by atoms with Gasteiger partial charge in [-0.25, -0.2) is 0 Å². The molecule has 35 heavy (non-hydrogen) atoms. The zero-order valence-electron chi connectivity index (χ0n) is 22.0. The summed E-state index contributed by atoms with van der Waals surface area (Å²) in [5.74, 6) is 0.451. The average Bonchev–Trinajstić information content (AvgIpc) is 3.11. The Kier molecular flexibility index (Phi) is 7.32. The minimum atomic E-state index is -1.24. The Labute approximate surface area is 209 Å². The van der Waals surface area contributed by atoms with Gasteiger partial charge in [-0.05, 0) is 87.0 Å². The molecule has 0 N–H and O–H groups in total. The zero-order chi connectivity index (χ0) is 25.4. The molecule has 4 rings (SSSR count). The van der Waals surface area contributed by atoms with Crippen LogP contribution >= 0.6 is 0 Å². The van der Waals surface area contributed by atoms with E-state index in [4.69, 9.17) is 9.47 Å². The van der Waals surface area contributed by atoms with E-state index in [0.717, 1.165) is 38.5 Å². The predicted octanol–water partition coefficient (Wildman–Crippen LogP) is 5.51. The van der Waals surface area contributed by atoms with Crippen LogP contribution in [0.4, 0.5) is 0 Å². The summed E-state index contributed by atoms with van der Waals surface area (Å²) in [6.45, 7) is 7.97. The van der Waals surface area contributed by atoms with Crippen molar-refractivity contribution in [1.29, 1.82) is 0 Å². The Morgan fingerprint density at radius 1 is 0.914 bits per heavy atom. The van der Waals surface area contributed by atoms with Crippen molar-refractivity contribution in [1.82, 2.24) is 0 Å². The predicted molar refractivity (Wildman–Crippen MR) is 131 cm³/mol. The summed E-state index contributed by atoms with van der Waals surface area (Å²) >= 11 is 0. The highest BCUT2D eigenvalue weighted by molar-refractivity contribution is 5.93. The quantitative estimate of drug-likeness (QED) is 0.420. The summed E-state index contributed by atoms with van der Waals surface area (Å²) in [5.41, 5.74) is -0.354. The second kappa shape index (κ2) is 9.82. The summed E-state index contributed by atoms with van der Waals surface area (Å²) in [6, 6.07) is 0. The molecule has 6 atom stereocenters. The third-order valence-corrected chi connectivity index (χ3v) is 10.1. The number of carbonyl (C=O) groups excluding carboxylic acids is 4. The number of ketones is 2. The van der Waals surface area contributed by atoms with Crippen LogP contribution < -0.4 is 0 Å². The van der Waals surface area contributed by atoms with Crippen LogP contribution in [0, 0.1) is 28.6 Å². The van der Waals surface area contributed by atoms with Crippen molar-refractivity contribution in [2.75, 3.05) is 6.61 Å². The molecular formula is C29H42O6. The second-order valence-corrected chi connectivity index (χ2v) is 11.8. The highest BCUT2D eigenvalue weighted by atomic mass is 16.6. The largest absolute Gasteiger partial charge is 0.457 e. The molecule has 0 aromatic rings. The van der Waals surface area contributed by atoms with Crippen molar-refractivity contribution in [2.45, 2.75) is 110 Å². The van der Waals surface area contributed by atoms with Crippen molar-refractivity contribution >= 4 is 23.5 Å². The average molecular weight is 487 g/mol. The minimum absolute atomic E-state index is 0.0436. The number of fused-ring (bicyclic) bond motifs is 5. The molecular weight excluding hydrogens is 444 g/mol. The van der Waals surface area contributed by atoms with Crippen molar-refractivity contribution in [3.05, 3.63) is 11.6 Å². The Hall–Kier alpha value is -1.98. The van der Waals surface area contributed by atoms with E-state index in [2.05, 4.69) is 13.8 Å². The molecule has 0 spiro atoms. The van der Waals surface area contributed by atoms with Gasteiger partial charge in [-0.1, -0.05) is 33.3 Å². The van der Waals surface area contributed by atoms with Gasteiger partial charge >= 0.3 is 11.9 Å². The van der Waals surface area contributed by atoms with Crippen LogP contribution in [-0.4, -0.2) is 35.7 Å². The van der Waals surface area contributed by atoms with E-state index in [0.29, 0.717) is 37.5 Å². The van der Waals surface area contributed by atoms with Gasteiger partial charge < -0.3 is 9.47 Å². The molecule has 0 aliphatic heterocycles. The van der Waals surface area contributed by atoms with Crippen LogP contribution in [0.25, 0.3) is 0 Å². The first kappa shape index (κ1) is 26.1. The molecule has 194 valence electrons. The lowest BCUT2D eigenvalue weighted by atomic mass is 9.46. The Bertz CT molecular complexity index is 920. The fourth-order valence-corrected chi connectivity index (χ4v) is 8.23. The van der Waals surface area contributed by atoms with Crippen LogP contribution in [0.15, 0.2) is 11.6 Å². The lowest BCUT2D eigenvalue weighted by Crippen LogP contribution is -2.60. The summed E-state index contributed by atoms with van der Waals surface area (Å²) in [6.07, 6.45) is 10.3. The number of carbonyl (C=O) groups is 4. The van der Waals surface area contributed by atoms with Gasteiger partial charge in [-0.3, -0.25) is 19.2 Å². The molecule has 6 nitrogen and oxygen atoms in total. The number of esters is 2. The number of rotatable bonds is 8. The summed E-state index contributed by atoms with van der Waals surface area (Å²) in [7, 11) is 0. The molecule has 3 saturated carbocycles. The van der Waals surface area contributed by atoms with Gasteiger partial charge in [0.1, 0.15) is 0 Å². The fraction of sp³-hybridized carbons (Fsp3) is 0.793. The molecule has 0 bridgehead atoms. The number of ether oxygens (including phenoxy) is 2. The Morgan fingerprint density at radius 3 is 2.31 bits per heavy atom. The third-order valence-electron chi connectivity index (χ3n) is 10.1. The van der Waals surface area contributed by atoms with Gasteiger partial charge in [0.15, 0.2) is 18.0 Å². The van der Waals surface area contributed by atoms with Crippen LogP contribution in [0.5, 0.6) is 0 Å². The number of allylic oxidation sites excluding steroid dienone is 1. The van der Waals surface area contributed by atoms with Gasteiger partial charge in [-0.15, -0.1) is 0 Å². The smallest absolute Gasteiger partial charge is 0.306 e. The first-order chi connectivity index (χ1) is 16.6. The first-order valence-electron chi connectivity index (χ1n) is 13.8. The van der Waals surface area contributed by atoms with Crippen molar-refractivity contribution < 1.29 is 28.7 Å². The van der Waals surface area contributed by atoms with Gasteiger partial charge in [0.25, 0.3) is 0 Å². The van der Waals surface area contributed by atoms with Gasteiger partial charge in [-0.2, -0.15) is 0 Å². The van der Waals surface area contributed by atoms with E-state index in [1.807, 2.05) is 19.9 Å². The molecule has 0 amide bonds. The van der Waals surface area contributed by atoms with E-state index in [1.165, 1.54) is 5.57 Å². The highest BCUT2D eigenvalue weighted by Gasteiger charge is 2.68. The maximum atomic E-state index is 13.8. The third kappa shape index (κ3) is 4.29. The topological polar surface area (TPSA) is 86.7 Å². The normalized spacial score (nSPS) is 38.0.